The number of rotatable bonds is 3. The molecule has 0 saturated heterocycles. The summed E-state index contributed by atoms with van der Waals surface area (Å²) >= 11 is 0. The molecular formula is C11H19N3O3. The number of hydrogen-bond donors (Lipinski definition) is 3. The van der Waals surface area contributed by atoms with Crippen molar-refractivity contribution in [2.24, 2.45) is 5.10 Å². The van der Waals surface area contributed by atoms with Gasteiger partial charge in [0.1, 0.15) is 5.71 Å². The molecule has 6 nitrogen and oxygen atoms in total. The summed E-state index contributed by atoms with van der Waals surface area (Å²) in [5.74, 6) is -0.555. The summed E-state index contributed by atoms with van der Waals surface area (Å²) in [6, 6.07) is 0. The first-order chi connectivity index (χ1) is 7.63. The normalized spacial score (nSPS) is 17.2. The van der Waals surface area contributed by atoms with Gasteiger partial charge >= 0.3 is 0 Å². The van der Waals surface area contributed by atoms with Crippen molar-refractivity contribution in [1.82, 2.24) is 10.7 Å². The van der Waals surface area contributed by atoms with E-state index in [1.165, 1.54) is 0 Å². The second kappa shape index (κ2) is 4.44. The van der Waals surface area contributed by atoms with Crippen LogP contribution in [0.3, 0.4) is 0 Å². The highest BCUT2D eigenvalue weighted by atomic mass is 16.3. The molecule has 0 spiro atoms. The van der Waals surface area contributed by atoms with Gasteiger partial charge in [0.05, 0.1) is 11.1 Å². The average Bonchev–Trinajstić information content (AvgIpc) is 2.16. The Hall–Kier alpha value is -1.43. The third kappa shape index (κ3) is 3.26. The molecule has 0 aromatic rings. The number of hydrazone groups is 1. The molecule has 2 amide bonds. The molecule has 0 fully saturated rings. The highest BCUT2D eigenvalue weighted by molar-refractivity contribution is 6.39. The maximum Gasteiger partial charge on any atom is 0.268 e. The summed E-state index contributed by atoms with van der Waals surface area (Å²) in [7, 11) is 0. The van der Waals surface area contributed by atoms with E-state index in [9.17, 15) is 14.7 Å². The topological polar surface area (TPSA) is 90.8 Å². The van der Waals surface area contributed by atoms with Crippen molar-refractivity contribution in [2.45, 2.75) is 51.7 Å². The van der Waals surface area contributed by atoms with Crippen LogP contribution >= 0.6 is 0 Å². The van der Waals surface area contributed by atoms with Gasteiger partial charge in [0.15, 0.2) is 0 Å². The molecule has 0 radical (unpaired) electrons. The molecule has 1 heterocycles. The van der Waals surface area contributed by atoms with Crippen LogP contribution in [0.4, 0.5) is 0 Å². The fourth-order valence-electron chi connectivity index (χ4n) is 1.15. The molecule has 0 bridgehead atoms. The molecule has 0 aromatic carbocycles. The number of amides is 2. The van der Waals surface area contributed by atoms with Crippen LogP contribution in [0.15, 0.2) is 5.10 Å². The Kier molecular flexibility index (Phi) is 3.56. The lowest BCUT2D eigenvalue weighted by atomic mass is 9.85. The Morgan fingerprint density at radius 1 is 1.35 bits per heavy atom. The van der Waals surface area contributed by atoms with Crippen LogP contribution in [0, 0.1) is 0 Å². The van der Waals surface area contributed by atoms with Gasteiger partial charge in [-0.05, 0) is 27.7 Å². The first-order valence-corrected chi connectivity index (χ1v) is 5.54. The molecule has 0 aromatic heterocycles. The molecule has 0 aliphatic carbocycles. The monoisotopic (exact) mass is 241 g/mol. The van der Waals surface area contributed by atoms with Crippen molar-refractivity contribution in [2.75, 3.05) is 0 Å². The highest BCUT2D eigenvalue weighted by Crippen LogP contribution is 2.20. The molecule has 96 valence electrons. The van der Waals surface area contributed by atoms with E-state index in [0.29, 0.717) is 6.42 Å². The molecule has 0 saturated carbocycles. The number of hydrogen-bond acceptors (Lipinski definition) is 4. The molecule has 3 N–H and O–H groups in total. The van der Waals surface area contributed by atoms with E-state index in [1.54, 1.807) is 27.7 Å². The standard InChI is InChI=1S/C11H19N3O3/c1-10(2,11(3,4)17)12-9(16)7-5-6-8(15)14-13-7/h17H,5-6H2,1-4H3,(H,12,16)(H,14,15). The lowest BCUT2D eigenvalue weighted by Gasteiger charge is -2.38. The number of nitrogens with one attached hydrogen (secondary N) is 2. The fourth-order valence-corrected chi connectivity index (χ4v) is 1.15. The summed E-state index contributed by atoms with van der Waals surface area (Å²) < 4.78 is 0. The van der Waals surface area contributed by atoms with Gasteiger partial charge in [-0.3, -0.25) is 9.59 Å². The van der Waals surface area contributed by atoms with Gasteiger partial charge in [-0.25, -0.2) is 5.43 Å². The minimum absolute atomic E-state index is 0.191. The first-order valence-electron chi connectivity index (χ1n) is 5.54. The van der Waals surface area contributed by atoms with Gasteiger partial charge in [0, 0.05) is 12.8 Å². The zero-order valence-electron chi connectivity index (χ0n) is 10.6. The zero-order valence-corrected chi connectivity index (χ0v) is 10.6. The van der Waals surface area contributed by atoms with E-state index in [1.807, 2.05) is 0 Å². The average molecular weight is 241 g/mol. The summed E-state index contributed by atoms with van der Waals surface area (Å²) in [6.07, 6.45) is 0.578. The Labute approximate surface area is 100 Å². The fraction of sp³-hybridized carbons (Fsp3) is 0.727. The Morgan fingerprint density at radius 3 is 2.35 bits per heavy atom. The number of aliphatic hydroxyl groups is 1. The maximum absolute atomic E-state index is 11.9. The van der Waals surface area contributed by atoms with Crippen LogP contribution in [0.2, 0.25) is 0 Å². The smallest absolute Gasteiger partial charge is 0.268 e. The predicted octanol–water partition coefficient (Wildman–Crippen LogP) is -0.0819. The van der Waals surface area contributed by atoms with Gasteiger partial charge in [0.25, 0.3) is 5.91 Å². The Balaban J connectivity index is 2.70. The zero-order chi connectivity index (χ0) is 13.3. The SMILES string of the molecule is CC(C)(O)C(C)(C)NC(=O)C1=NNC(=O)CC1. The first kappa shape index (κ1) is 13.6. The minimum Gasteiger partial charge on any atom is -0.388 e. The van der Waals surface area contributed by atoms with E-state index in [2.05, 4.69) is 15.8 Å². The van der Waals surface area contributed by atoms with Crippen molar-refractivity contribution < 1.29 is 14.7 Å². The van der Waals surface area contributed by atoms with Gasteiger partial charge in [-0.15, -0.1) is 0 Å². The van der Waals surface area contributed by atoms with E-state index in [4.69, 9.17) is 0 Å². The van der Waals surface area contributed by atoms with E-state index >= 15 is 0 Å². The lowest BCUT2D eigenvalue weighted by Crippen LogP contribution is -2.59. The number of nitrogens with zero attached hydrogens (tertiary/aromatic N) is 1. The molecule has 1 rings (SSSR count). The van der Waals surface area contributed by atoms with E-state index < -0.39 is 11.1 Å². The van der Waals surface area contributed by atoms with Crippen LogP contribution in [0.1, 0.15) is 40.5 Å². The van der Waals surface area contributed by atoms with Crippen LogP contribution in [0.25, 0.3) is 0 Å². The van der Waals surface area contributed by atoms with Crippen molar-refractivity contribution in [3.8, 4) is 0 Å². The molecule has 0 atom stereocenters. The van der Waals surface area contributed by atoms with Crippen LogP contribution in [0.5, 0.6) is 0 Å². The minimum atomic E-state index is -1.05. The van der Waals surface area contributed by atoms with Gasteiger partial charge in [-0.1, -0.05) is 0 Å². The summed E-state index contributed by atoms with van der Waals surface area (Å²) in [5.41, 5.74) is 0.705. The largest absolute Gasteiger partial charge is 0.388 e. The van der Waals surface area contributed by atoms with E-state index in [0.717, 1.165) is 0 Å². The number of carbonyl (C=O) groups excluding carboxylic acids is 2. The Bertz CT molecular complexity index is 367. The van der Waals surface area contributed by atoms with Gasteiger partial charge < -0.3 is 10.4 Å². The molecule has 17 heavy (non-hydrogen) atoms. The Morgan fingerprint density at radius 2 is 1.94 bits per heavy atom. The van der Waals surface area contributed by atoms with Crippen LogP contribution in [-0.4, -0.2) is 33.8 Å². The van der Waals surface area contributed by atoms with Crippen molar-refractivity contribution >= 4 is 17.5 Å². The van der Waals surface area contributed by atoms with Gasteiger partial charge in [-0.2, -0.15) is 5.10 Å². The predicted molar refractivity (Wildman–Crippen MR) is 63.3 cm³/mol. The lowest BCUT2D eigenvalue weighted by molar-refractivity contribution is -0.121. The third-order valence-corrected chi connectivity index (χ3v) is 3.12. The maximum atomic E-state index is 11.9. The van der Waals surface area contributed by atoms with Crippen LogP contribution < -0.4 is 10.7 Å². The highest BCUT2D eigenvalue weighted by Gasteiger charge is 2.37. The third-order valence-electron chi connectivity index (χ3n) is 3.12. The van der Waals surface area contributed by atoms with Gasteiger partial charge in [0.2, 0.25) is 5.91 Å². The van der Waals surface area contributed by atoms with Crippen molar-refractivity contribution in [1.29, 1.82) is 0 Å². The van der Waals surface area contributed by atoms with Crippen molar-refractivity contribution in [3.05, 3.63) is 0 Å². The second-order valence-corrected chi connectivity index (χ2v) is 5.23. The summed E-state index contributed by atoms with van der Waals surface area (Å²) in [6.45, 7) is 6.70. The molecule has 1 aliphatic rings. The second-order valence-electron chi connectivity index (χ2n) is 5.23. The number of carbonyl (C=O) groups is 2. The van der Waals surface area contributed by atoms with Crippen molar-refractivity contribution in [3.63, 3.8) is 0 Å². The quantitative estimate of drug-likeness (QED) is 0.645. The van der Waals surface area contributed by atoms with Crippen LogP contribution in [-0.2, 0) is 9.59 Å². The molecule has 0 unspecified atom stereocenters. The molecule has 1 aliphatic heterocycles. The molecule has 6 heteroatoms. The molecular weight excluding hydrogens is 222 g/mol. The summed E-state index contributed by atoms with van der Waals surface area (Å²) in [5, 5.41) is 16.3. The summed E-state index contributed by atoms with van der Waals surface area (Å²) in [4.78, 5) is 22.7. The van der Waals surface area contributed by atoms with E-state index in [-0.39, 0.29) is 23.9 Å².